The van der Waals surface area contributed by atoms with E-state index >= 15 is 0 Å². The third kappa shape index (κ3) is 3.62. The molecular weight excluding hydrogens is 275 g/mol. The van der Waals surface area contributed by atoms with E-state index in [1.807, 2.05) is 12.1 Å². The minimum atomic E-state index is 0.396. The molecule has 17 heavy (non-hydrogen) atoms. The van der Waals surface area contributed by atoms with E-state index in [2.05, 4.69) is 44.2 Å². The second kappa shape index (κ2) is 5.90. The average molecular weight is 291 g/mol. The molecule has 0 saturated carbocycles. The van der Waals surface area contributed by atoms with Crippen molar-refractivity contribution in [2.24, 2.45) is 0 Å². The average Bonchev–Trinajstić information content (AvgIpc) is 2.82. The molecule has 2 heteroatoms. The zero-order valence-electron chi connectivity index (χ0n) is 10.1. The van der Waals surface area contributed by atoms with Crippen LogP contribution >= 0.6 is 0 Å². The van der Waals surface area contributed by atoms with E-state index in [4.69, 9.17) is 4.42 Å². The molecule has 0 unspecified atom stereocenters. The fourth-order valence-corrected chi connectivity index (χ4v) is 3.61. The molecule has 0 aliphatic heterocycles. The van der Waals surface area contributed by atoms with Gasteiger partial charge in [0.25, 0.3) is 0 Å². The van der Waals surface area contributed by atoms with E-state index in [1.54, 1.807) is 6.26 Å². The third-order valence-electron chi connectivity index (χ3n) is 2.46. The number of hydrogen-bond donors (Lipinski definition) is 0. The molecule has 0 saturated heterocycles. The Bertz CT molecular complexity index is 479. The fourth-order valence-electron chi connectivity index (χ4n) is 1.52. The van der Waals surface area contributed by atoms with Crippen LogP contribution in [0.1, 0.15) is 19.6 Å². The molecule has 0 spiro atoms. The summed E-state index contributed by atoms with van der Waals surface area (Å²) in [6.07, 6.45) is 2.68. The zero-order chi connectivity index (χ0) is 12.1. The molecule has 0 fully saturated rings. The number of hydrogen-bond acceptors (Lipinski definition) is 1. The van der Waals surface area contributed by atoms with Crippen molar-refractivity contribution in [2.75, 3.05) is 0 Å². The predicted molar refractivity (Wildman–Crippen MR) is 72.6 cm³/mol. The number of rotatable bonds is 4. The van der Waals surface area contributed by atoms with E-state index in [-0.39, 0.29) is 0 Å². The fraction of sp³-hybridized carbons (Fsp3) is 0.200. The van der Waals surface area contributed by atoms with Gasteiger partial charge in [0.15, 0.2) is 0 Å². The Morgan fingerprint density at radius 3 is 2.41 bits per heavy atom. The van der Waals surface area contributed by atoms with Crippen molar-refractivity contribution in [1.29, 1.82) is 0 Å². The van der Waals surface area contributed by atoms with Gasteiger partial charge >= 0.3 is 109 Å². The van der Waals surface area contributed by atoms with Crippen LogP contribution in [-0.2, 0) is 6.42 Å². The molecule has 1 heterocycles. The Labute approximate surface area is 109 Å². The minimum absolute atomic E-state index is 0.396. The van der Waals surface area contributed by atoms with Gasteiger partial charge in [-0.05, 0) is 0 Å². The quantitative estimate of drug-likeness (QED) is 0.789. The summed E-state index contributed by atoms with van der Waals surface area (Å²) >= 11 is 0.396. The van der Waals surface area contributed by atoms with Crippen LogP contribution in [0.5, 0.6) is 0 Å². The van der Waals surface area contributed by atoms with Gasteiger partial charge in [-0.3, -0.25) is 0 Å². The van der Waals surface area contributed by atoms with E-state index in [0.717, 1.165) is 12.2 Å². The SMILES string of the molecule is CC(C)=C(Cc1ccco1)[Se]c1ccccc1. The molecule has 0 atom stereocenters. The van der Waals surface area contributed by atoms with Crippen molar-refractivity contribution >= 4 is 19.4 Å². The van der Waals surface area contributed by atoms with Crippen molar-refractivity contribution in [3.05, 3.63) is 64.5 Å². The topological polar surface area (TPSA) is 13.1 Å². The summed E-state index contributed by atoms with van der Waals surface area (Å²) in [5.74, 6) is 1.05. The Balaban J connectivity index is 2.12. The second-order valence-corrected chi connectivity index (χ2v) is 6.55. The van der Waals surface area contributed by atoms with Crippen LogP contribution in [0.25, 0.3) is 0 Å². The van der Waals surface area contributed by atoms with Crippen LogP contribution in [-0.4, -0.2) is 15.0 Å². The molecular formula is C15H16OSe. The summed E-state index contributed by atoms with van der Waals surface area (Å²) in [7, 11) is 0. The molecule has 2 aromatic rings. The number of benzene rings is 1. The molecule has 0 aliphatic rings. The van der Waals surface area contributed by atoms with Crippen LogP contribution in [0.15, 0.2) is 63.2 Å². The molecule has 0 bridgehead atoms. The predicted octanol–water partition coefficient (Wildman–Crippen LogP) is 3.15. The first-order valence-electron chi connectivity index (χ1n) is 5.67. The van der Waals surface area contributed by atoms with Gasteiger partial charge in [-0.15, -0.1) is 0 Å². The summed E-state index contributed by atoms with van der Waals surface area (Å²) in [6.45, 7) is 4.37. The van der Waals surface area contributed by atoms with E-state index in [0.29, 0.717) is 15.0 Å². The first-order chi connectivity index (χ1) is 8.25. The monoisotopic (exact) mass is 292 g/mol. The zero-order valence-corrected chi connectivity index (χ0v) is 11.9. The Morgan fingerprint density at radius 2 is 1.82 bits per heavy atom. The van der Waals surface area contributed by atoms with Crippen molar-refractivity contribution in [3.63, 3.8) is 0 Å². The van der Waals surface area contributed by atoms with Crippen molar-refractivity contribution < 1.29 is 4.42 Å². The number of furan rings is 1. The van der Waals surface area contributed by atoms with Crippen LogP contribution < -0.4 is 4.46 Å². The van der Waals surface area contributed by atoms with Crippen molar-refractivity contribution in [2.45, 2.75) is 20.3 Å². The second-order valence-electron chi connectivity index (χ2n) is 4.09. The summed E-state index contributed by atoms with van der Waals surface area (Å²) in [5.41, 5.74) is 1.41. The van der Waals surface area contributed by atoms with E-state index in [1.165, 1.54) is 14.5 Å². The van der Waals surface area contributed by atoms with Crippen LogP contribution in [0.2, 0.25) is 0 Å². The maximum absolute atomic E-state index is 5.43. The Morgan fingerprint density at radius 1 is 1.06 bits per heavy atom. The van der Waals surface area contributed by atoms with Gasteiger partial charge in [-0.1, -0.05) is 0 Å². The number of allylic oxidation sites excluding steroid dienone is 2. The third-order valence-corrected chi connectivity index (χ3v) is 5.20. The summed E-state index contributed by atoms with van der Waals surface area (Å²) in [4.78, 5) is 0. The molecule has 1 aromatic carbocycles. The van der Waals surface area contributed by atoms with Gasteiger partial charge in [-0.2, -0.15) is 0 Å². The van der Waals surface area contributed by atoms with Crippen molar-refractivity contribution in [1.82, 2.24) is 0 Å². The Kier molecular flexibility index (Phi) is 4.24. The molecule has 88 valence electrons. The van der Waals surface area contributed by atoms with Crippen LogP contribution in [0.3, 0.4) is 0 Å². The van der Waals surface area contributed by atoms with Gasteiger partial charge in [0.2, 0.25) is 0 Å². The van der Waals surface area contributed by atoms with E-state index in [9.17, 15) is 0 Å². The van der Waals surface area contributed by atoms with Gasteiger partial charge in [0.05, 0.1) is 0 Å². The Hall–Kier alpha value is -1.24. The van der Waals surface area contributed by atoms with Gasteiger partial charge < -0.3 is 0 Å². The first-order valence-corrected chi connectivity index (χ1v) is 7.38. The molecule has 2 rings (SSSR count). The summed E-state index contributed by atoms with van der Waals surface area (Å²) < 4.78 is 8.35. The van der Waals surface area contributed by atoms with Crippen molar-refractivity contribution in [3.8, 4) is 0 Å². The van der Waals surface area contributed by atoms with Crippen LogP contribution in [0, 0.1) is 0 Å². The molecule has 1 aromatic heterocycles. The molecule has 1 nitrogen and oxygen atoms in total. The van der Waals surface area contributed by atoms with Gasteiger partial charge in [-0.25, -0.2) is 0 Å². The molecule has 0 radical (unpaired) electrons. The molecule has 0 aliphatic carbocycles. The first kappa shape index (κ1) is 12.2. The normalized spacial score (nSPS) is 10.2. The maximum atomic E-state index is 5.43. The standard InChI is InChI=1S/C15H16OSe/c1-12(2)15(11-13-7-6-10-16-13)17-14-8-4-3-5-9-14/h3-10H,11H2,1-2H3. The molecule has 0 N–H and O–H groups in total. The summed E-state index contributed by atoms with van der Waals surface area (Å²) in [5, 5.41) is 0. The van der Waals surface area contributed by atoms with Gasteiger partial charge in [0.1, 0.15) is 0 Å². The summed E-state index contributed by atoms with van der Waals surface area (Å²) in [6, 6.07) is 14.7. The van der Waals surface area contributed by atoms with Crippen LogP contribution in [0.4, 0.5) is 0 Å². The molecule has 0 amide bonds. The van der Waals surface area contributed by atoms with Gasteiger partial charge in [0, 0.05) is 0 Å². The van der Waals surface area contributed by atoms with E-state index < -0.39 is 0 Å².